The third-order valence-corrected chi connectivity index (χ3v) is 14.3. The molecular formula is C58H72ClN7O11S4. The van der Waals surface area contributed by atoms with Crippen LogP contribution in [0.15, 0.2) is 107 Å². The van der Waals surface area contributed by atoms with Gasteiger partial charge in [-0.15, -0.1) is 12.6 Å². The maximum atomic E-state index is 12.0. The van der Waals surface area contributed by atoms with E-state index in [0.29, 0.717) is 70.4 Å². The second-order valence-electron chi connectivity index (χ2n) is 17.7. The van der Waals surface area contributed by atoms with Gasteiger partial charge in [-0.25, -0.2) is 24.0 Å². The van der Waals surface area contributed by atoms with E-state index in [1.807, 2.05) is 103 Å². The molecule has 0 atom stereocenters. The Morgan fingerprint density at radius 1 is 0.531 bits per heavy atom. The Labute approximate surface area is 498 Å². The van der Waals surface area contributed by atoms with Crippen LogP contribution in [-0.4, -0.2) is 146 Å². The highest BCUT2D eigenvalue weighted by molar-refractivity contribution is 8.23. The molecule has 0 spiro atoms. The summed E-state index contributed by atoms with van der Waals surface area (Å²) in [4.78, 5) is 65.7. The van der Waals surface area contributed by atoms with Crippen LogP contribution in [0.4, 0.5) is 4.79 Å². The molecule has 1 N–H and O–H groups in total. The molecule has 4 aromatic carbocycles. The van der Waals surface area contributed by atoms with E-state index < -0.39 is 12.1 Å². The molecule has 8 aromatic rings. The average Bonchev–Trinajstić information content (AvgIpc) is 4.25. The summed E-state index contributed by atoms with van der Waals surface area (Å²) in [5.41, 5.74) is 5.23. The lowest BCUT2D eigenvalue weighted by molar-refractivity contribution is 0.0506. The molecule has 0 saturated carbocycles. The van der Waals surface area contributed by atoms with Gasteiger partial charge < -0.3 is 61.8 Å². The Hall–Kier alpha value is -7.24. The summed E-state index contributed by atoms with van der Waals surface area (Å²) in [6.07, 6.45) is -0.471. The van der Waals surface area contributed by atoms with Gasteiger partial charge in [0.25, 0.3) is 0 Å². The summed E-state index contributed by atoms with van der Waals surface area (Å²) in [6.45, 7) is 8.51. The molecule has 8 rings (SSSR count). The molecule has 0 bridgehead atoms. The Morgan fingerprint density at radius 2 is 0.877 bits per heavy atom. The first-order chi connectivity index (χ1) is 37.8. The monoisotopic (exact) mass is 1210 g/mol. The third kappa shape index (κ3) is 17.4. The zero-order valence-electron chi connectivity index (χ0n) is 47.3. The largest absolute Gasteiger partial charge is 0.506 e. The fraction of sp³-hybridized carbons (Fsp3) is 0.328. The Kier molecular flexibility index (Phi) is 26.6. The lowest BCUT2D eigenvalue weighted by atomic mass is 10.2. The summed E-state index contributed by atoms with van der Waals surface area (Å²) < 4.78 is 33.6. The minimum absolute atomic E-state index is 0. The predicted molar refractivity (Wildman–Crippen MR) is 335 cm³/mol. The van der Waals surface area contributed by atoms with Gasteiger partial charge in [0.15, 0.2) is 10.2 Å². The maximum absolute atomic E-state index is 12.0. The van der Waals surface area contributed by atoms with Gasteiger partial charge in [0.05, 0.1) is 48.5 Å². The zero-order valence-corrected chi connectivity index (χ0v) is 51.4. The van der Waals surface area contributed by atoms with Gasteiger partial charge in [0, 0.05) is 102 Å². The van der Waals surface area contributed by atoms with E-state index >= 15 is 0 Å². The smallest absolute Gasteiger partial charge is 0.414 e. The number of phenols is 1. The molecule has 0 aliphatic heterocycles. The minimum Gasteiger partial charge on any atom is -0.506 e. The van der Waals surface area contributed by atoms with Gasteiger partial charge in [-0.1, -0.05) is 91.5 Å². The topological polar surface area (TPSA) is 181 Å². The van der Waals surface area contributed by atoms with Gasteiger partial charge in [0.2, 0.25) is 0 Å². The predicted octanol–water partition coefficient (Wildman–Crippen LogP) is 12.1. The number of aryl methyl sites for hydroxylation is 4. The minimum atomic E-state index is -0.471. The highest BCUT2D eigenvalue weighted by atomic mass is 35.5. The molecular weight excluding hydrogens is 1130 g/mol. The number of nitrogens with zero attached hydrogens (tertiary/aromatic N) is 7. The van der Waals surface area contributed by atoms with Crippen LogP contribution < -0.4 is 4.74 Å². The number of thiocarbonyl (C=S) groups is 2. The molecule has 436 valence electrons. The standard InChI is InChI=1S/C15H18N2O4.C15H18N2O2S2.C12H13NO3.C12H13NO2S.C3H6ClNS.CH4/c1-5-20-14(18)11-9-10-7-6-8-12(13(10)17(11)4)21-15(19)16(2)3;1-5-19-14(18)11-9-10-7-6-8-12(13(10)17(11)4)21-15(20)16(2)3;1-3-16-12(15)9-7-8-5-4-6-10(14)11(8)13(9)2;1-3-15-12(14)9-7-8-5-4-6-10(16)11(8)13(9)2;1-5(2)3(4)6;/h2*6-9H,5H2,1-4H3;4-7,14H,3H2,1-2H3;4-7,16H,3H2,1-2H3;1-2H3;1H4. The molecule has 0 saturated heterocycles. The Morgan fingerprint density at radius 3 is 1.26 bits per heavy atom. The van der Waals surface area contributed by atoms with Crippen molar-refractivity contribution in [1.29, 1.82) is 0 Å². The number of thiol groups is 1. The van der Waals surface area contributed by atoms with Crippen LogP contribution in [0.2, 0.25) is 0 Å². The van der Waals surface area contributed by atoms with E-state index in [-0.39, 0.29) is 31.1 Å². The van der Waals surface area contributed by atoms with Gasteiger partial charge in [0.1, 0.15) is 32.8 Å². The molecule has 0 aliphatic carbocycles. The van der Waals surface area contributed by atoms with E-state index in [2.05, 4.69) is 24.8 Å². The number of phenolic OH excluding ortho intramolecular Hbond substituents is 1. The highest BCUT2D eigenvalue weighted by Gasteiger charge is 2.21. The number of hydrogen-bond acceptors (Lipinski definition) is 15. The number of para-hydroxylation sites is 4. The second kappa shape index (κ2) is 31.7. The number of carbonyl (C=O) groups excluding carboxylic acids is 5. The SMILES string of the molecule is C.CCOC(=O)c1cc2cccc(O)c2n1C.CCOC(=O)c1cc2cccc(OC(=O)N(C)C)c2n1C.CCOC(=O)c1cc2cccc(S)c2n1C.CCOC(=O)c1cc2cccc(SC(=S)N(C)C)c2n1C.CN(C)C(=S)Cl. The number of halogens is 1. The molecule has 0 aliphatic rings. The van der Waals surface area contributed by atoms with Crippen molar-refractivity contribution < 1.29 is 52.8 Å². The van der Waals surface area contributed by atoms with E-state index in [1.54, 1.807) is 120 Å². The third-order valence-electron chi connectivity index (χ3n) is 11.5. The molecule has 23 heteroatoms. The molecule has 4 aromatic heterocycles. The fourth-order valence-electron chi connectivity index (χ4n) is 7.69. The number of thioether (sulfide) groups is 1. The molecule has 18 nitrogen and oxygen atoms in total. The van der Waals surface area contributed by atoms with Crippen LogP contribution in [-0.2, 0) is 47.1 Å². The lowest BCUT2D eigenvalue weighted by Crippen LogP contribution is -2.25. The van der Waals surface area contributed by atoms with Crippen molar-refractivity contribution in [1.82, 2.24) is 33.0 Å². The van der Waals surface area contributed by atoms with Crippen molar-refractivity contribution in [3.05, 3.63) is 120 Å². The van der Waals surface area contributed by atoms with Crippen LogP contribution in [0.3, 0.4) is 0 Å². The Bertz CT molecular complexity index is 3310. The van der Waals surface area contributed by atoms with E-state index in [4.69, 9.17) is 47.5 Å². The Balaban J connectivity index is 0.000000275. The number of aromatic nitrogens is 4. The maximum Gasteiger partial charge on any atom is 0.414 e. The van der Waals surface area contributed by atoms with Crippen LogP contribution in [0.25, 0.3) is 43.6 Å². The molecule has 4 heterocycles. The fourth-order valence-corrected chi connectivity index (χ4v) is 9.19. The number of rotatable bonds is 10. The van der Waals surface area contributed by atoms with Crippen LogP contribution in [0.5, 0.6) is 11.5 Å². The van der Waals surface area contributed by atoms with Crippen LogP contribution in [0.1, 0.15) is 77.1 Å². The highest BCUT2D eigenvalue weighted by Crippen LogP contribution is 2.33. The lowest BCUT2D eigenvalue weighted by Gasteiger charge is -2.14. The summed E-state index contributed by atoms with van der Waals surface area (Å²) >= 11 is 21.0. The molecule has 1 amide bonds. The van der Waals surface area contributed by atoms with E-state index in [1.165, 1.54) is 16.7 Å². The van der Waals surface area contributed by atoms with Crippen molar-refractivity contribution in [2.45, 2.75) is 44.9 Å². The van der Waals surface area contributed by atoms with Gasteiger partial charge in [-0.05, 0) is 88.4 Å². The van der Waals surface area contributed by atoms with Crippen molar-refractivity contribution in [2.75, 3.05) is 68.7 Å². The second-order valence-corrected chi connectivity index (χ2v) is 20.9. The van der Waals surface area contributed by atoms with Crippen LogP contribution >= 0.6 is 60.4 Å². The van der Waals surface area contributed by atoms with Gasteiger partial charge in [-0.3, -0.25) is 0 Å². The number of amides is 1. The summed E-state index contributed by atoms with van der Waals surface area (Å²) in [5, 5.41) is 13.3. The van der Waals surface area contributed by atoms with Crippen molar-refractivity contribution in [2.24, 2.45) is 28.2 Å². The summed E-state index contributed by atoms with van der Waals surface area (Å²) in [5.74, 6) is -0.808. The van der Waals surface area contributed by atoms with Crippen molar-refractivity contribution in [3.63, 3.8) is 0 Å². The number of ether oxygens (including phenoxy) is 5. The zero-order chi connectivity index (χ0) is 59.7. The first-order valence-corrected chi connectivity index (χ1v) is 27.4. The number of benzene rings is 4. The van der Waals surface area contributed by atoms with Gasteiger partial charge in [-0.2, -0.15) is 0 Å². The quantitative estimate of drug-likeness (QED) is 0.0251. The van der Waals surface area contributed by atoms with Crippen molar-refractivity contribution in [3.8, 4) is 11.5 Å². The average molecular weight is 1210 g/mol. The number of esters is 4. The summed E-state index contributed by atoms with van der Waals surface area (Å²) in [7, 11) is 17.8. The number of fused-ring (bicyclic) bond motifs is 4. The van der Waals surface area contributed by atoms with Crippen LogP contribution in [0, 0.1) is 0 Å². The van der Waals surface area contributed by atoms with Gasteiger partial charge >= 0.3 is 30.0 Å². The van der Waals surface area contributed by atoms with E-state index in [0.717, 1.165) is 46.7 Å². The normalized spacial score (nSPS) is 10.3. The molecule has 0 unspecified atom stereocenters. The molecule has 0 fully saturated rings. The summed E-state index contributed by atoms with van der Waals surface area (Å²) in [6, 6.07) is 29.4. The van der Waals surface area contributed by atoms with Crippen molar-refractivity contribution >= 4 is 143 Å². The first kappa shape index (κ1) is 68.0. The number of hydrogen-bond donors (Lipinski definition) is 2. The first-order valence-electron chi connectivity index (χ1n) is 24.9. The van der Waals surface area contributed by atoms with E-state index in [9.17, 15) is 29.1 Å². The number of carbonyl (C=O) groups is 5. The molecule has 0 radical (unpaired) electrons. The number of aromatic hydroxyl groups is 1. The molecule has 81 heavy (non-hydrogen) atoms.